The summed E-state index contributed by atoms with van der Waals surface area (Å²) in [6.45, 7) is 2.14. The van der Waals surface area contributed by atoms with E-state index in [2.05, 4.69) is 15.1 Å². The van der Waals surface area contributed by atoms with Crippen molar-refractivity contribution in [2.24, 2.45) is 12.0 Å². The minimum Gasteiger partial charge on any atom is -0.462 e. The molecule has 0 amide bonds. The van der Waals surface area contributed by atoms with Crippen LogP contribution in [0.15, 0.2) is 29.6 Å². The summed E-state index contributed by atoms with van der Waals surface area (Å²) < 4.78 is 6.71. The van der Waals surface area contributed by atoms with Crippen molar-refractivity contribution in [3.63, 3.8) is 0 Å². The van der Waals surface area contributed by atoms with Crippen LogP contribution in [0.2, 0.25) is 0 Å². The molecule has 0 aliphatic carbocycles. The van der Waals surface area contributed by atoms with E-state index in [1.165, 1.54) is 0 Å². The molecule has 0 spiro atoms. The second-order valence-electron chi connectivity index (χ2n) is 4.89. The number of nitrogens with zero attached hydrogens (tertiary/aromatic N) is 4. The molecule has 1 unspecified atom stereocenters. The van der Waals surface area contributed by atoms with Crippen molar-refractivity contribution in [3.8, 4) is 0 Å². The molecule has 108 valence electrons. The first kappa shape index (κ1) is 13.5. The fraction of sp³-hybridized carbons (Fsp3) is 0.333. The average Bonchev–Trinajstić information content (AvgIpc) is 3.04. The molecule has 0 radical (unpaired) electrons. The van der Waals surface area contributed by atoms with E-state index in [0.717, 1.165) is 11.1 Å². The lowest BCUT2D eigenvalue weighted by molar-refractivity contribution is 0.0525. The fourth-order valence-electron chi connectivity index (χ4n) is 2.49. The van der Waals surface area contributed by atoms with Crippen LogP contribution in [0.1, 0.15) is 40.1 Å². The van der Waals surface area contributed by atoms with Gasteiger partial charge in [-0.05, 0) is 18.6 Å². The van der Waals surface area contributed by atoms with Gasteiger partial charge in [-0.1, -0.05) is 0 Å². The Bertz CT molecular complexity index is 705. The topological polar surface area (TPSA) is 69.4 Å². The number of aliphatic imine (C=N–C) groups is 1. The van der Waals surface area contributed by atoms with Gasteiger partial charge in [0.05, 0.1) is 18.3 Å². The lowest BCUT2D eigenvalue weighted by atomic mass is 10.0. The number of ether oxygens (including phenoxy) is 1. The molecule has 0 saturated carbocycles. The largest absolute Gasteiger partial charge is 0.462 e. The fourth-order valence-corrected chi connectivity index (χ4v) is 2.49. The molecule has 2 aromatic rings. The molecule has 3 rings (SSSR count). The number of carbonyl (C=O) groups is 1. The van der Waals surface area contributed by atoms with Gasteiger partial charge in [0.2, 0.25) is 0 Å². The summed E-state index contributed by atoms with van der Waals surface area (Å²) in [5, 5.41) is 4.38. The van der Waals surface area contributed by atoms with Crippen LogP contribution in [0.5, 0.6) is 0 Å². The number of aryl methyl sites for hydroxylation is 1. The normalized spacial score (nSPS) is 16.0. The van der Waals surface area contributed by atoms with Gasteiger partial charge in [0.15, 0.2) is 0 Å². The molecule has 1 aliphatic heterocycles. The molecule has 21 heavy (non-hydrogen) atoms. The molecule has 6 heteroatoms. The summed E-state index contributed by atoms with van der Waals surface area (Å²) in [6.07, 6.45) is 7.64. The van der Waals surface area contributed by atoms with Gasteiger partial charge in [-0.25, -0.2) is 4.79 Å². The maximum absolute atomic E-state index is 12.0. The zero-order chi connectivity index (χ0) is 14.8. The molecule has 2 aromatic heterocycles. The maximum Gasteiger partial charge on any atom is 0.341 e. The van der Waals surface area contributed by atoms with Gasteiger partial charge < -0.3 is 4.74 Å². The van der Waals surface area contributed by atoms with Gasteiger partial charge in [-0.2, -0.15) is 5.10 Å². The van der Waals surface area contributed by atoms with Crippen molar-refractivity contribution < 1.29 is 9.53 Å². The van der Waals surface area contributed by atoms with Gasteiger partial charge in [0.25, 0.3) is 0 Å². The van der Waals surface area contributed by atoms with E-state index in [1.54, 1.807) is 37.2 Å². The molecule has 6 nitrogen and oxygen atoms in total. The van der Waals surface area contributed by atoms with Crippen LogP contribution in [0, 0.1) is 0 Å². The first-order valence-corrected chi connectivity index (χ1v) is 6.85. The molecular weight excluding hydrogens is 268 g/mol. The van der Waals surface area contributed by atoms with Gasteiger partial charge in [-0.3, -0.25) is 14.7 Å². The quantitative estimate of drug-likeness (QED) is 0.801. The monoisotopic (exact) mass is 284 g/mol. The smallest absolute Gasteiger partial charge is 0.341 e. The Balaban J connectivity index is 1.86. The van der Waals surface area contributed by atoms with Crippen LogP contribution in [0.25, 0.3) is 0 Å². The van der Waals surface area contributed by atoms with E-state index >= 15 is 0 Å². The first-order valence-electron chi connectivity index (χ1n) is 6.85. The highest BCUT2D eigenvalue weighted by molar-refractivity contribution is 5.90. The van der Waals surface area contributed by atoms with Crippen molar-refractivity contribution in [1.29, 1.82) is 0 Å². The van der Waals surface area contributed by atoms with Crippen molar-refractivity contribution in [2.75, 3.05) is 6.61 Å². The first-order chi connectivity index (χ1) is 10.2. The molecule has 1 aliphatic rings. The molecule has 0 saturated heterocycles. The maximum atomic E-state index is 12.0. The van der Waals surface area contributed by atoms with Crippen molar-refractivity contribution >= 4 is 12.2 Å². The Morgan fingerprint density at radius 2 is 2.33 bits per heavy atom. The van der Waals surface area contributed by atoms with E-state index in [0.29, 0.717) is 24.3 Å². The van der Waals surface area contributed by atoms with E-state index in [9.17, 15) is 4.79 Å². The molecule has 3 heterocycles. The van der Waals surface area contributed by atoms with E-state index in [1.807, 2.05) is 12.3 Å². The van der Waals surface area contributed by atoms with Crippen LogP contribution in [0.3, 0.4) is 0 Å². The number of hydrogen-bond acceptors (Lipinski definition) is 5. The molecule has 0 N–H and O–H groups in total. The predicted octanol–water partition coefficient (Wildman–Crippen LogP) is 1.71. The van der Waals surface area contributed by atoms with Crippen LogP contribution >= 0.6 is 0 Å². The van der Waals surface area contributed by atoms with E-state index in [4.69, 9.17) is 4.74 Å². The van der Waals surface area contributed by atoms with Gasteiger partial charge in [0, 0.05) is 43.8 Å². The molecule has 0 bridgehead atoms. The van der Waals surface area contributed by atoms with Crippen molar-refractivity contribution in [2.45, 2.75) is 19.4 Å². The summed E-state index contributed by atoms with van der Waals surface area (Å²) in [5.41, 5.74) is 3.36. The van der Waals surface area contributed by atoms with Crippen LogP contribution in [-0.4, -0.2) is 33.6 Å². The third kappa shape index (κ3) is 2.56. The van der Waals surface area contributed by atoms with Crippen LogP contribution in [0.4, 0.5) is 0 Å². The molecule has 1 atom stereocenters. The average molecular weight is 284 g/mol. The summed E-state index contributed by atoms with van der Waals surface area (Å²) in [4.78, 5) is 20.5. The highest BCUT2D eigenvalue weighted by Gasteiger charge is 2.24. The highest BCUT2D eigenvalue weighted by Crippen LogP contribution is 2.29. The van der Waals surface area contributed by atoms with E-state index in [-0.39, 0.29) is 12.0 Å². The van der Waals surface area contributed by atoms with Crippen LogP contribution in [-0.2, 0) is 18.2 Å². The van der Waals surface area contributed by atoms with Gasteiger partial charge in [0.1, 0.15) is 5.56 Å². The molecule has 0 fully saturated rings. The Labute approximate surface area is 122 Å². The Morgan fingerprint density at radius 3 is 3.14 bits per heavy atom. The summed E-state index contributed by atoms with van der Waals surface area (Å²) >= 11 is 0. The minimum absolute atomic E-state index is 0.0222. The molecular formula is C15H16N4O2. The number of rotatable bonds is 4. The number of carbonyl (C=O) groups excluding carboxylic acids is 1. The Hall–Kier alpha value is -2.50. The predicted molar refractivity (Wildman–Crippen MR) is 77.4 cm³/mol. The highest BCUT2D eigenvalue weighted by atomic mass is 16.5. The number of aromatic nitrogens is 3. The summed E-state index contributed by atoms with van der Waals surface area (Å²) in [6, 6.07) is 1.94. The zero-order valence-electron chi connectivity index (χ0n) is 12.0. The number of fused-ring (bicyclic) bond motifs is 1. The van der Waals surface area contributed by atoms with Crippen molar-refractivity contribution in [1.82, 2.24) is 14.8 Å². The van der Waals surface area contributed by atoms with Gasteiger partial charge >= 0.3 is 5.97 Å². The Morgan fingerprint density at radius 1 is 1.48 bits per heavy atom. The van der Waals surface area contributed by atoms with E-state index < -0.39 is 0 Å². The summed E-state index contributed by atoms with van der Waals surface area (Å²) in [5.74, 6) is -0.336. The Kier molecular flexibility index (Phi) is 3.51. The second kappa shape index (κ2) is 5.47. The van der Waals surface area contributed by atoms with Crippen LogP contribution < -0.4 is 0 Å². The minimum atomic E-state index is -0.336. The lowest BCUT2D eigenvalue weighted by Gasteiger charge is -2.09. The SMILES string of the molecule is CCOC(=O)c1cn(C)nc1CC1N=Cc2cnccc21. The van der Waals surface area contributed by atoms with Crippen molar-refractivity contribution in [3.05, 3.63) is 47.0 Å². The number of esters is 1. The standard InChI is InChI=1S/C15H16N4O2/c1-3-21-15(20)12-9-19(2)18-14(12)6-13-11-4-5-16-7-10(11)8-17-13/h4-5,7-9,13H,3,6H2,1-2H3. The summed E-state index contributed by atoms with van der Waals surface area (Å²) in [7, 11) is 1.79. The van der Waals surface area contributed by atoms with Gasteiger partial charge in [-0.15, -0.1) is 0 Å². The second-order valence-corrected chi connectivity index (χ2v) is 4.89. The number of hydrogen-bond donors (Lipinski definition) is 0. The third-order valence-electron chi connectivity index (χ3n) is 3.43. The molecule has 0 aromatic carbocycles. The lowest BCUT2D eigenvalue weighted by Crippen LogP contribution is -2.08. The number of pyridine rings is 1. The zero-order valence-corrected chi connectivity index (χ0v) is 12.0. The third-order valence-corrected chi connectivity index (χ3v) is 3.43.